The highest BCUT2D eigenvalue weighted by Crippen LogP contribution is 2.05. The van der Waals surface area contributed by atoms with Gasteiger partial charge in [-0.2, -0.15) is 0 Å². The van der Waals surface area contributed by atoms with Crippen LogP contribution in [0.4, 0.5) is 0 Å². The van der Waals surface area contributed by atoms with Gasteiger partial charge in [0, 0.05) is 38.2 Å². The largest absolute Gasteiger partial charge is 0.352 e. The molecule has 0 atom stereocenters. The van der Waals surface area contributed by atoms with E-state index in [1.165, 1.54) is 0 Å². The summed E-state index contributed by atoms with van der Waals surface area (Å²) in [6.45, 7) is 4.19. The molecule has 1 heterocycles. The molecule has 0 aromatic heterocycles. The number of likely N-dealkylation sites (N-methyl/N-ethyl adjacent to an activating group) is 1. The van der Waals surface area contributed by atoms with Crippen LogP contribution < -0.4 is 5.32 Å². The summed E-state index contributed by atoms with van der Waals surface area (Å²) in [6.07, 6.45) is 2.22. The molecule has 5 heteroatoms. The van der Waals surface area contributed by atoms with E-state index in [0.29, 0.717) is 24.9 Å². The Labute approximate surface area is 132 Å². The van der Waals surface area contributed by atoms with Crippen LogP contribution in [-0.2, 0) is 4.79 Å². The maximum Gasteiger partial charge on any atom is 0.251 e. The summed E-state index contributed by atoms with van der Waals surface area (Å²) in [5.41, 5.74) is 0.657. The van der Waals surface area contributed by atoms with Crippen molar-refractivity contribution in [1.29, 1.82) is 0 Å². The SMILES string of the molecule is CN1CCCN(C(=O)CCCNC(=O)c2ccccc2)CC1. The predicted octanol–water partition coefficient (Wildman–Crippen LogP) is 1.36. The molecule has 0 bridgehead atoms. The summed E-state index contributed by atoms with van der Waals surface area (Å²) in [5.74, 6) is 0.119. The molecule has 0 radical (unpaired) electrons. The predicted molar refractivity (Wildman–Crippen MR) is 86.7 cm³/mol. The van der Waals surface area contributed by atoms with E-state index >= 15 is 0 Å². The summed E-state index contributed by atoms with van der Waals surface area (Å²) in [5, 5.41) is 2.86. The van der Waals surface area contributed by atoms with Gasteiger partial charge in [-0.25, -0.2) is 0 Å². The first-order valence-corrected chi connectivity index (χ1v) is 7.96. The smallest absolute Gasteiger partial charge is 0.251 e. The van der Waals surface area contributed by atoms with Crippen LogP contribution in [-0.4, -0.2) is 61.4 Å². The summed E-state index contributed by atoms with van der Waals surface area (Å²) >= 11 is 0. The van der Waals surface area contributed by atoms with Gasteiger partial charge in [0.1, 0.15) is 0 Å². The number of hydrogen-bond donors (Lipinski definition) is 1. The monoisotopic (exact) mass is 303 g/mol. The summed E-state index contributed by atoms with van der Waals surface area (Å²) < 4.78 is 0. The highest BCUT2D eigenvalue weighted by molar-refractivity contribution is 5.94. The van der Waals surface area contributed by atoms with Crippen LogP contribution in [0.2, 0.25) is 0 Å². The van der Waals surface area contributed by atoms with Gasteiger partial charge >= 0.3 is 0 Å². The number of nitrogens with one attached hydrogen (secondary N) is 1. The van der Waals surface area contributed by atoms with Gasteiger partial charge in [-0.05, 0) is 38.6 Å². The second kappa shape index (κ2) is 8.54. The Hall–Kier alpha value is -1.88. The van der Waals surface area contributed by atoms with E-state index in [1.54, 1.807) is 12.1 Å². The van der Waals surface area contributed by atoms with Gasteiger partial charge in [-0.15, -0.1) is 0 Å². The van der Waals surface area contributed by atoms with Crippen molar-refractivity contribution in [3.05, 3.63) is 35.9 Å². The maximum atomic E-state index is 12.2. The van der Waals surface area contributed by atoms with E-state index in [9.17, 15) is 9.59 Å². The minimum atomic E-state index is -0.0792. The fourth-order valence-electron chi connectivity index (χ4n) is 2.59. The third kappa shape index (κ3) is 5.15. The zero-order valence-corrected chi connectivity index (χ0v) is 13.3. The Morgan fingerprint density at radius 1 is 1.09 bits per heavy atom. The van der Waals surface area contributed by atoms with E-state index in [2.05, 4.69) is 17.3 Å². The Morgan fingerprint density at radius 2 is 1.86 bits per heavy atom. The zero-order valence-electron chi connectivity index (χ0n) is 13.3. The molecule has 2 amide bonds. The van der Waals surface area contributed by atoms with Crippen LogP contribution in [0.15, 0.2) is 30.3 Å². The molecule has 1 N–H and O–H groups in total. The van der Waals surface area contributed by atoms with Crippen molar-refractivity contribution < 1.29 is 9.59 Å². The first kappa shape index (κ1) is 16.5. The minimum absolute atomic E-state index is 0.0792. The second-order valence-electron chi connectivity index (χ2n) is 5.76. The third-order valence-corrected chi connectivity index (χ3v) is 3.96. The number of carbonyl (C=O) groups excluding carboxylic acids is 2. The molecule has 1 saturated heterocycles. The first-order chi connectivity index (χ1) is 10.7. The van der Waals surface area contributed by atoms with Gasteiger partial charge in [0.2, 0.25) is 5.91 Å². The molecule has 1 fully saturated rings. The molecule has 1 aliphatic heterocycles. The zero-order chi connectivity index (χ0) is 15.8. The molecule has 0 spiro atoms. The van der Waals surface area contributed by atoms with Crippen LogP contribution in [0.3, 0.4) is 0 Å². The summed E-state index contributed by atoms with van der Waals surface area (Å²) in [6, 6.07) is 9.14. The van der Waals surface area contributed by atoms with Crippen LogP contribution in [0.25, 0.3) is 0 Å². The Kier molecular flexibility index (Phi) is 6.40. The highest BCUT2D eigenvalue weighted by Gasteiger charge is 2.16. The molecule has 1 aromatic carbocycles. The Morgan fingerprint density at radius 3 is 2.64 bits per heavy atom. The normalized spacial score (nSPS) is 16.1. The van der Waals surface area contributed by atoms with Gasteiger partial charge < -0.3 is 15.1 Å². The molecule has 1 aromatic rings. The maximum absolute atomic E-state index is 12.2. The molecular formula is C17H25N3O2. The highest BCUT2D eigenvalue weighted by atomic mass is 16.2. The number of amides is 2. The number of hydrogen-bond acceptors (Lipinski definition) is 3. The lowest BCUT2D eigenvalue weighted by atomic mass is 10.2. The fourth-order valence-corrected chi connectivity index (χ4v) is 2.59. The van der Waals surface area contributed by atoms with Crippen molar-refractivity contribution >= 4 is 11.8 Å². The van der Waals surface area contributed by atoms with Crippen molar-refractivity contribution in [2.75, 3.05) is 39.8 Å². The number of benzene rings is 1. The average Bonchev–Trinajstić information content (AvgIpc) is 2.76. The van der Waals surface area contributed by atoms with Gasteiger partial charge in [0.15, 0.2) is 0 Å². The molecule has 5 nitrogen and oxygen atoms in total. The van der Waals surface area contributed by atoms with Crippen molar-refractivity contribution in [3.8, 4) is 0 Å². The Balaban J connectivity index is 1.66. The second-order valence-corrected chi connectivity index (χ2v) is 5.76. The molecule has 0 saturated carbocycles. The molecule has 0 unspecified atom stereocenters. The van der Waals surface area contributed by atoms with Crippen LogP contribution >= 0.6 is 0 Å². The summed E-state index contributed by atoms with van der Waals surface area (Å²) in [4.78, 5) is 28.2. The van der Waals surface area contributed by atoms with Gasteiger partial charge in [0.05, 0.1) is 0 Å². The molecule has 1 aliphatic rings. The van der Waals surface area contributed by atoms with E-state index in [1.807, 2.05) is 23.1 Å². The van der Waals surface area contributed by atoms with Crippen molar-refractivity contribution in [1.82, 2.24) is 15.1 Å². The van der Waals surface area contributed by atoms with Gasteiger partial charge in [0.25, 0.3) is 5.91 Å². The van der Waals surface area contributed by atoms with Crippen molar-refractivity contribution in [2.45, 2.75) is 19.3 Å². The Bertz CT molecular complexity index is 490. The van der Waals surface area contributed by atoms with E-state index in [4.69, 9.17) is 0 Å². The van der Waals surface area contributed by atoms with E-state index in [0.717, 1.165) is 32.6 Å². The lowest BCUT2D eigenvalue weighted by Crippen LogP contribution is -2.35. The van der Waals surface area contributed by atoms with Crippen LogP contribution in [0.1, 0.15) is 29.6 Å². The van der Waals surface area contributed by atoms with Crippen molar-refractivity contribution in [2.24, 2.45) is 0 Å². The van der Waals surface area contributed by atoms with Crippen molar-refractivity contribution in [3.63, 3.8) is 0 Å². The third-order valence-electron chi connectivity index (χ3n) is 3.96. The molecule has 120 valence electrons. The minimum Gasteiger partial charge on any atom is -0.352 e. The van der Waals surface area contributed by atoms with Gasteiger partial charge in [-0.1, -0.05) is 18.2 Å². The number of carbonyl (C=O) groups is 2. The molecule has 0 aliphatic carbocycles. The lowest BCUT2D eigenvalue weighted by molar-refractivity contribution is -0.131. The quantitative estimate of drug-likeness (QED) is 0.836. The number of nitrogens with zero attached hydrogens (tertiary/aromatic N) is 2. The number of rotatable bonds is 5. The van der Waals surface area contributed by atoms with Gasteiger partial charge in [-0.3, -0.25) is 9.59 Å². The molecular weight excluding hydrogens is 278 g/mol. The average molecular weight is 303 g/mol. The standard InChI is InChI=1S/C17H25N3O2/c1-19-11-6-12-20(14-13-19)16(21)9-5-10-18-17(22)15-7-3-2-4-8-15/h2-4,7-8H,5-6,9-14H2,1H3,(H,18,22). The van der Waals surface area contributed by atoms with Crippen LogP contribution in [0, 0.1) is 0 Å². The molecule has 22 heavy (non-hydrogen) atoms. The van der Waals surface area contributed by atoms with Crippen LogP contribution in [0.5, 0.6) is 0 Å². The lowest BCUT2D eigenvalue weighted by Gasteiger charge is -2.20. The first-order valence-electron chi connectivity index (χ1n) is 7.96. The summed E-state index contributed by atoms with van der Waals surface area (Å²) in [7, 11) is 2.09. The fraction of sp³-hybridized carbons (Fsp3) is 0.529. The van der Waals surface area contributed by atoms with E-state index < -0.39 is 0 Å². The topological polar surface area (TPSA) is 52.6 Å². The molecule has 2 rings (SSSR count). The van der Waals surface area contributed by atoms with E-state index in [-0.39, 0.29) is 11.8 Å².